The zero-order valence-corrected chi connectivity index (χ0v) is 19.8. The Morgan fingerprint density at radius 2 is 1.64 bits per heavy atom. The lowest BCUT2D eigenvalue weighted by Gasteiger charge is -2.14. The Balaban J connectivity index is 0.00000456. The summed E-state index contributed by atoms with van der Waals surface area (Å²) >= 11 is 0. The summed E-state index contributed by atoms with van der Waals surface area (Å²) in [6.07, 6.45) is 0. The lowest BCUT2D eigenvalue weighted by atomic mass is 10.1. The van der Waals surface area contributed by atoms with Gasteiger partial charge in [0.15, 0.2) is 0 Å². The van der Waals surface area contributed by atoms with Crippen LogP contribution in [-0.4, -0.2) is 38.0 Å². The van der Waals surface area contributed by atoms with Crippen LogP contribution < -0.4 is 27.1 Å². The van der Waals surface area contributed by atoms with Crippen molar-refractivity contribution in [3.63, 3.8) is 0 Å². The molecule has 1 amide bonds. The van der Waals surface area contributed by atoms with Crippen molar-refractivity contribution in [3.8, 4) is 11.1 Å². The number of oxime groups is 1. The molecule has 0 saturated heterocycles. The van der Waals surface area contributed by atoms with E-state index in [1.54, 1.807) is 25.1 Å². The van der Waals surface area contributed by atoms with Gasteiger partial charge in [0, 0.05) is 5.69 Å². The molecule has 0 bridgehead atoms. The first kappa shape index (κ1) is 27.9. The van der Waals surface area contributed by atoms with Gasteiger partial charge in [0.1, 0.15) is 18.8 Å². The van der Waals surface area contributed by atoms with E-state index in [2.05, 4.69) is 15.2 Å². The number of rotatable bonds is 10. The van der Waals surface area contributed by atoms with Gasteiger partial charge < -0.3 is 26.2 Å². The summed E-state index contributed by atoms with van der Waals surface area (Å²) < 4.78 is 29.3. The molecule has 3 aromatic rings. The highest BCUT2D eigenvalue weighted by Crippen LogP contribution is 2.22. The first-order chi connectivity index (χ1) is 16.7. The minimum atomic E-state index is -4.03. The van der Waals surface area contributed by atoms with Crippen LogP contribution in [0.3, 0.4) is 0 Å². The summed E-state index contributed by atoms with van der Waals surface area (Å²) in [4.78, 5) is 29.9. The SMILES string of the molecule is C.Cc1ccc(NS(=O)(=O)c2ccc(-c3ccccc3)cc2)c(=O)n1CC(=O)NCCON=C(N)N. The monoisotopic (exact) mass is 514 g/mol. The molecule has 192 valence electrons. The standard InChI is InChI=1S/C23H26N6O5S.CH4/c1-16-7-12-20(22(31)29(16)15-21(30)26-13-14-34-27-23(24)25)28-35(32,33)19-10-8-18(9-11-19)17-5-3-2-4-6-17;/h2-12,28H,13-15H2,1H3,(H,26,30)(H4,24,25,27);1H4. The van der Waals surface area contributed by atoms with Gasteiger partial charge in [0.05, 0.1) is 11.4 Å². The maximum atomic E-state index is 12.9. The Morgan fingerprint density at radius 3 is 2.28 bits per heavy atom. The van der Waals surface area contributed by atoms with Crippen molar-refractivity contribution in [1.82, 2.24) is 9.88 Å². The molecule has 0 aliphatic rings. The van der Waals surface area contributed by atoms with E-state index in [0.717, 1.165) is 11.1 Å². The van der Waals surface area contributed by atoms with Gasteiger partial charge in [-0.05, 0) is 47.5 Å². The average Bonchev–Trinajstić information content (AvgIpc) is 2.84. The van der Waals surface area contributed by atoms with E-state index in [4.69, 9.17) is 16.3 Å². The Labute approximate surface area is 209 Å². The molecule has 12 heteroatoms. The lowest BCUT2D eigenvalue weighted by molar-refractivity contribution is -0.122. The summed E-state index contributed by atoms with van der Waals surface area (Å²) in [6, 6.07) is 18.8. The minimum absolute atomic E-state index is 0. The summed E-state index contributed by atoms with van der Waals surface area (Å²) in [5.41, 5.74) is 11.7. The first-order valence-corrected chi connectivity index (χ1v) is 12.0. The van der Waals surface area contributed by atoms with E-state index in [-0.39, 0.29) is 43.7 Å². The number of sulfonamides is 1. The summed E-state index contributed by atoms with van der Waals surface area (Å²) in [5.74, 6) is -0.718. The summed E-state index contributed by atoms with van der Waals surface area (Å²) in [7, 11) is -4.03. The quantitative estimate of drug-likeness (QED) is 0.138. The minimum Gasteiger partial charge on any atom is -0.391 e. The Bertz CT molecular complexity index is 1370. The van der Waals surface area contributed by atoms with E-state index in [1.165, 1.54) is 22.8 Å². The molecule has 6 N–H and O–H groups in total. The largest absolute Gasteiger partial charge is 0.391 e. The number of pyridine rings is 1. The first-order valence-electron chi connectivity index (χ1n) is 10.5. The predicted octanol–water partition coefficient (Wildman–Crippen LogP) is 1.58. The van der Waals surface area contributed by atoms with E-state index in [9.17, 15) is 18.0 Å². The number of nitrogens with one attached hydrogen (secondary N) is 2. The number of guanidine groups is 1. The fraction of sp³-hybridized carbons (Fsp3) is 0.208. The van der Waals surface area contributed by atoms with Crippen LogP contribution in [0.1, 0.15) is 13.1 Å². The molecular weight excluding hydrogens is 484 g/mol. The molecule has 11 nitrogen and oxygen atoms in total. The number of aryl methyl sites for hydroxylation is 1. The molecule has 0 aliphatic heterocycles. The van der Waals surface area contributed by atoms with Gasteiger partial charge in [-0.2, -0.15) is 0 Å². The number of nitrogens with two attached hydrogens (primary N) is 2. The van der Waals surface area contributed by atoms with Gasteiger partial charge in [0.25, 0.3) is 15.6 Å². The number of benzene rings is 2. The van der Waals surface area contributed by atoms with Crippen LogP contribution in [0.5, 0.6) is 0 Å². The molecule has 0 radical (unpaired) electrons. The van der Waals surface area contributed by atoms with E-state index >= 15 is 0 Å². The highest BCUT2D eigenvalue weighted by Gasteiger charge is 2.18. The van der Waals surface area contributed by atoms with Crippen molar-refractivity contribution in [1.29, 1.82) is 0 Å². The fourth-order valence-corrected chi connectivity index (χ4v) is 4.22. The van der Waals surface area contributed by atoms with Gasteiger partial charge in [0.2, 0.25) is 11.9 Å². The summed E-state index contributed by atoms with van der Waals surface area (Å²) in [5, 5.41) is 5.88. The van der Waals surface area contributed by atoms with E-state index < -0.39 is 21.5 Å². The number of carbonyl (C=O) groups is 1. The second-order valence-corrected chi connectivity index (χ2v) is 9.16. The van der Waals surface area contributed by atoms with Crippen LogP contribution in [0.4, 0.5) is 5.69 Å². The molecule has 1 aromatic heterocycles. The van der Waals surface area contributed by atoms with Crippen molar-refractivity contribution in [2.24, 2.45) is 16.6 Å². The second-order valence-electron chi connectivity index (χ2n) is 7.47. The summed E-state index contributed by atoms with van der Waals surface area (Å²) in [6.45, 7) is 1.46. The predicted molar refractivity (Wildman–Crippen MR) is 140 cm³/mol. The number of aromatic nitrogens is 1. The number of hydrogen-bond donors (Lipinski definition) is 4. The van der Waals surface area contributed by atoms with Crippen molar-refractivity contribution < 1.29 is 18.0 Å². The van der Waals surface area contributed by atoms with Crippen LogP contribution in [0, 0.1) is 6.92 Å². The molecule has 0 aliphatic carbocycles. The van der Waals surface area contributed by atoms with Crippen LogP contribution in [0.15, 0.2) is 81.6 Å². The van der Waals surface area contributed by atoms with Crippen LogP contribution in [0.25, 0.3) is 11.1 Å². The van der Waals surface area contributed by atoms with Crippen LogP contribution in [0.2, 0.25) is 0 Å². The molecule has 2 aromatic carbocycles. The van der Waals surface area contributed by atoms with Crippen molar-refractivity contribution >= 4 is 27.6 Å². The maximum Gasteiger partial charge on any atom is 0.275 e. The number of hydrogen-bond acceptors (Lipinski definition) is 6. The molecule has 0 atom stereocenters. The highest BCUT2D eigenvalue weighted by molar-refractivity contribution is 7.92. The average molecular weight is 515 g/mol. The topological polar surface area (TPSA) is 171 Å². The number of anilines is 1. The molecule has 3 rings (SSSR count). The zero-order valence-electron chi connectivity index (χ0n) is 19.0. The van der Waals surface area contributed by atoms with Crippen molar-refractivity contribution in [2.75, 3.05) is 17.9 Å². The highest BCUT2D eigenvalue weighted by atomic mass is 32.2. The third-order valence-electron chi connectivity index (χ3n) is 4.90. The number of amides is 1. The molecule has 0 unspecified atom stereocenters. The fourth-order valence-electron chi connectivity index (χ4n) is 3.16. The Hall–Kier alpha value is -4.32. The van der Waals surface area contributed by atoms with Gasteiger partial charge in [-0.25, -0.2) is 8.42 Å². The third-order valence-corrected chi connectivity index (χ3v) is 6.28. The number of nitrogens with zero attached hydrogens (tertiary/aromatic N) is 2. The Morgan fingerprint density at radius 1 is 1.00 bits per heavy atom. The molecule has 36 heavy (non-hydrogen) atoms. The molecular formula is C24H30N6O5S. The van der Waals surface area contributed by atoms with Gasteiger partial charge in [-0.3, -0.25) is 14.3 Å². The van der Waals surface area contributed by atoms with E-state index in [0.29, 0.717) is 5.69 Å². The van der Waals surface area contributed by atoms with Crippen molar-refractivity contribution in [3.05, 3.63) is 82.8 Å². The molecule has 0 spiro atoms. The smallest absolute Gasteiger partial charge is 0.275 e. The van der Waals surface area contributed by atoms with Gasteiger partial charge in [-0.1, -0.05) is 49.9 Å². The maximum absolute atomic E-state index is 12.9. The zero-order chi connectivity index (χ0) is 25.4. The van der Waals surface area contributed by atoms with Gasteiger partial charge >= 0.3 is 0 Å². The normalized spacial score (nSPS) is 10.6. The Kier molecular flexibility index (Phi) is 9.62. The van der Waals surface area contributed by atoms with Crippen LogP contribution in [-0.2, 0) is 26.2 Å². The molecule has 1 heterocycles. The lowest BCUT2D eigenvalue weighted by Crippen LogP contribution is -2.36. The molecule has 0 saturated carbocycles. The van der Waals surface area contributed by atoms with Crippen molar-refractivity contribution in [2.45, 2.75) is 25.8 Å². The van der Waals surface area contributed by atoms with E-state index in [1.807, 2.05) is 30.3 Å². The third kappa shape index (κ3) is 7.34. The van der Waals surface area contributed by atoms with Crippen LogP contribution >= 0.6 is 0 Å². The van der Waals surface area contributed by atoms with Gasteiger partial charge in [-0.15, -0.1) is 0 Å². The molecule has 0 fully saturated rings. The second kappa shape index (κ2) is 12.4. The number of carbonyl (C=O) groups excluding carboxylic acids is 1.